The number of benzene rings is 1. The van der Waals surface area contributed by atoms with Gasteiger partial charge in [0.25, 0.3) is 0 Å². The number of halogens is 2. The van der Waals surface area contributed by atoms with Gasteiger partial charge in [-0.2, -0.15) is 17.9 Å². The number of nitrogens with one attached hydrogen (secondary N) is 1. The summed E-state index contributed by atoms with van der Waals surface area (Å²) in [6.07, 6.45) is 3.01. The van der Waals surface area contributed by atoms with E-state index in [1.165, 1.54) is 12.3 Å². The van der Waals surface area contributed by atoms with Crippen molar-refractivity contribution in [3.63, 3.8) is 0 Å². The van der Waals surface area contributed by atoms with Crippen LogP contribution in [0.15, 0.2) is 54.9 Å². The van der Waals surface area contributed by atoms with E-state index in [1.54, 1.807) is 25.4 Å². The maximum atomic E-state index is 13.1. The van der Waals surface area contributed by atoms with Gasteiger partial charge in [-0.1, -0.05) is 17.7 Å². The summed E-state index contributed by atoms with van der Waals surface area (Å²) in [7, 11) is 1.57. The van der Waals surface area contributed by atoms with E-state index in [9.17, 15) is 4.39 Å². The van der Waals surface area contributed by atoms with Crippen molar-refractivity contribution >= 4 is 25.1 Å². The molecular weight excluding hydrogens is 451 g/mol. The van der Waals surface area contributed by atoms with E-state index >= 15 is 0 Å². The van der Waals surface area contributed by atoms with Gasteiger partial charge in [0.1, 0.15) is 34.3 Å². The zero-order valence-electron chi connectivity index (χ0n) is 17.7. The molecule has 0 radical (unpaired) electrons. The Labute approximate surface area is 197 Å². The lowest BCUT2D eigenvalue weighted by Crippen LogP contribution is -2.04. The highest BCUT2D eigenvalue weighted by molar-refractivity contribution is 7.59. The van der Waals surface area contributed by atoms with E-state index in [2.05, 4.69) is 19.9 Å². The van der Waals surface area contributed by atoms with Gasteiger partial charge in [0, 0.05) is 40.8 Å². The van der Waals surface area contributed by atoms with E-state index in [1.807, 2.05) is 38.1 Å². The van der Waals surface area contributed by atoms with E-state index in [4.69, 9.17) is 21.1 Å². The molecule has 9 heteroatoms. The second-order valence-electron chi connectivity index (χ2n) is 6.97. The highest BCUT2D eigenvalue weighted by Crippen LogP contribution is 2.38. The molecule has 1 atom stereocenters. The summed E-state index contributed by atoms with van der Waals surface area (Å²) in [5.41, 5.74) is 3.76. The number of aromatic amines is 1. The number of aryl methyl sites for hydroxylation is 1. The number of aromatic nitrogens is 4. The first-order valence-corrected chi connectivity index (χ1v) is 9.97. The summed E-state index contributed by atoms with van der Waals surface area (Å²) in [5.74, 6) is 1.12. The molecule has 0 saturated carbocycles. The van der Waals surface area contributed by atoms with Crippen LogP contribution in [0.3, 0.4) is 0 Å². The van der Waals surface area contributed by atoms with Crippen LogP contribution in [0.2, 0.25) is 5.15 Å². The van der Waals surface area contributed by atoms with Gasteiger partial charge in [0.15, 0.2) is 0 Å². The average molecular weight is 473 g/mol. The Hall–Kier alpha value is -3.10. The molecule has 0 amide bonds. The molecular formula is C23H22ClFN4O2S. The van der Waals surface area contributed by atoms with E-state index in [0.29, 0.717) is 39.3 Å². The summed E-state index contributed by atoms with van der Waals surface area (Å²) in [6.45, 7) is 3.90. The average Bonchev–Trinajstić information content (AvgIpc) is 3.16. The number of methoxy groups -OCH3 is 1. The molecule has 1 aromatic carbocycles. The lowest BCUT2D eigenvalue weighted by Gasteiger charge is -2.16. The molecule has 1 N–H and O–H groups in total. The van der Waals surface area contributed by atoms with E-state index in [-0.39, 0.29) is 19.6 Å². The van der Waals surface area contributed by atoms with Gasteiger partial charge in [0.05, 0.1) is 7.11 Å². The molecule has 4 rings (SSSR count). The molecule has 0 aliphatic carbocycles. The van der Waals surface area contributed by atoms with Crippen LogP contribution < -0.4 is 9.47 Å². The van der Waals surface area contributed by atoms with Crippen molar-refractivity contribution in [2.45, 2.75) is 20.0 Å². The van der Waals surface area contributed by atoms with Crippen LogP contribution in [0.1, 0.15) is 24.3 Å². The predicted octanol–water partition coefficient (Wildman–Crippen LogP) is 5.90. The Kier molecular flexibility index (Phi) is 7.37. The molecule has 0 saturated heterocycles. The zero-order chi connectivity index (χ0) is 22.0. The third-order valence-corrected chi connectivity index (χ3v) is 5.08. The zero-order valence-corrected chi connectivity index (χ0v) is 19.4. The van der Waals surface area contributed by atoms with Crippen LogP contribution >= 0.6 is 25.1 Å². The van der Waals surface area contributed by atoms with Crippen molar-refractivity contribution < 1.29 is 13.9 Å². The fraction of sp³-hybridized carbons (Fsp3) is 0.174. The lowest BCUT2D eigenvalue weighted by molar-refractivity contribution is 0.225. The summed E-state index contributed by atoms with van der Waals surface area (Å²) in [6, 6.07) is 12.3. The highest BCUT2D eigenvalue weighted by atomic mass is 35.5. The molecule has 4 aromatic rings. The van der Waals surface area contributed by atoms with Crippen LogP contribution in [0.4, 0.5) is 4.39 Å². The summed E-state index contributed by atoms with van der Waals surface area (Å²) in [4.78, 5) is 15.5. The normalized spacial score (nSPS) is 11.5. The van der Waals surface area contributed by atoms with Crippen LogP contribution in [0.25, 0.3) is 22.6 Å². The number of imidazole rings is 1. The fourth-order valence-corrected chi connectivity index (χ4v) is 3.35. The molecule has 0 unspecified atom stereocenters. The van der Waals surface area contributed by atoms with Gasteiger partial charge in [-0.3, -0.25) is 4.98 Å². The Morgan fingerprint density at radius 1 is 1.06 bits per heavy atom. The second kappa shape index (κ2) is 10.0. The minimum absolute atomic E-state index is 0. The van der Waals surface area contributed by atoms with Crippen molar-refractivity contribution in [2.75, 3.05) is 7.11 Å². The van der Waals surface area contributed by atoms with Crippen LogP contribution in [-0.2, 0) is 0 Å². The van der Waals surface area contributed by atoms with E-state index in [0.717, 1.165) is 11.3 Å². The molecule has 0 fully saturated rings. The first-order chi connectivity index (χ1) is 14.9. The van der Waals surface area contributed by atoms with Gasteiger partial charge in [0.2, 0.25) is 5.95 Å². The standard InChI is InChI=1S/C23H20ClFN4O2.H2S/c1-13-4-5-15(11-26-13)14(2)31-17-7-8-18(19(10-17)30-3)21-22(24)29-23(28-21)16-6-9-20(25)27-12-16;/h4-12,14H,1-3H3,(H,28,29);1H2/t14-;/m0./s1. The Morgan fingerprint density at radius 2 is 1.88 bits per heavy atom. The number of pyridine rings is 2. The maximum Gasteiger partial charge on any atom is 0.212 e. The smallest absolute Gasteiger partial charge is 0.212 e. The third-order valence-electron chi connectivity index (χ3n) is 4.81. The quantitative estimate of drug-likeness (QED) is 0.354. The largest absolute Gasteiger partial charge is 0.496 e. The first-order valence-electron chi connectivity index (χ1n) is 9.59. The topological polar surface area (TPSA) is 72.9 Å². The van der Waals surface area contributed by atoms with Crippen LogP contribution in [-0.4, -0.2) is 27.0 Å². The van der Waals surface area contributed by atoms with Gasteiger partial charge in [-0.25, -0.2) is 9.97 Å². The number of nitrogens with zero attached hydrogens (tertiary/aromatic N) is 3. The monoisotopic (exact) mass is 472 g/mol. The molecule has 3 aromatic heterocycles. The van der Waals surface area contributed by atoms with Gasteiger partial charge in [-0.05, 0) is 44.2 Å². The molecule has 32 heavy (non-hydrogen) atoms. The molecule has 3 heterocycles. The maximum absolute atomic E-state index is 13.1. The minimum atomic E-state index is -0.561. The Bertz CT molecular complexity index is 1200. The van der Waals surface area contributed by atoms with Gasteiger partial charge < -0.3 is 14.5 Å². The number of ether oxygens (including phenoxy) is 2. The van der Waals surface area contributed by atoms with Gasteiger partial charge in [-0.15, -0.1) is 0 Å². The molecule has 0 aliphatic rings. The predicted molar refractivity (Wildman–Crippen MR) is 127 cm³/mol. The summed E-state index contributed by atoms with van der Waals surface area (Å²) in [5, 5.41) is 0.338. The number of H-pyrrole nitrogens is 1. The van der Waals surface area contributed by atoms with Crippen molar-refractivity contribution in [1.29, 1.82) is 0 Å². The van der Waals surface area contributed by atoms with E-state index < -0.39 is 5.95 Å². The molecule has 166 valence electrons. The summed E-state index contributed by atoms with van der Waals surface area (Å²) >= 11 is 6.40. The third kappa shape index (κ3) is 5.03. The van der Waals surface area contributed by atoms with Crippen molar-refractivity contribution in [2.24, 2.45) is 0 Å². The first kappa shape index (κ1) is 23.6. The summed E-state index contributed by atoms with van der Waals surface area (Å²) < 4.78 is 24.7. The van der Waals surface area contributed by atoms with Crippen molar-refractivity contribution in [3.05, 3.63) is 77.2 Å². The number of hydrogen-bond acceptors (Lipinski definition) is 5. The van der Waals surface area contributed by atoms with Crippen molar-refractivity contribution in [1.82, 2.24) is 19.9 Å². The van der Waals surface area contributed by atoms with Crippen LogP contribution in [0, 0.1) is 12.9 Å². The Morgan fingerprint density at radius 3 is 2.53 bits per heavy atom. The lowest BCUT2D eigenvalue weighted by atomic mass is 10.1. The second-order valence-corrected chi connectivity index (χ2v) is 7.35. The molecule has 0 aliphatic heterocycles. The SMILES string of the molecule is COc1cc(O[C@@H](C)c2ccc(C)nc2)ccc1-c1nc(-c2ccc(F)nc2)[nH]c1Cl.S. The van der Waals surface area contributed by atoms with Crippen molar-refractivity contribution in [3.8, 4) is 34.1 Å². The minimum Gasteiger partial charge on any atom is -0.496 e. The number of rotatable bonds is 6. The number of hydrogen-bond donors (Lipinski definition) is 1. The van der Waals surface area contributed by atoms with Crippen LogP contribution in [0.5, 0.6) is 11.5 Å². The Balaban J connectivity index is 0.00000289. The highest BCUT2D eigenvalue weighted by Gasteiger charge is 2.18. The van der Waals surface area contributed by atoms with Gasteiger partial charge >= 0.3 is 0 Å². The molecule has 6 nitrogen and oxygen atoms in total. The fourth-order valence-electron chi connectivity index (χ4n) is 3.12. The molecule has 0 spiro atoms. The molecule has 0 bridgehead atoms.